The van der Waals surface area contributed by atoms with Crippen molar-refractivity contribution in [3.8, 4) is 11.8 Å². The van der Waals surface area contributed by atoms with Gasteiger partial charge in [0.1, 0.15) is 35.8 Å². The van der Waals surface area contributed by atoms with E-state index in [9.17, 15) is 18.9 Å². The average molecular weight is 813 g/mol. The highest BCUT2D eigenvalue weighted by molar-refractivity contribution is 7.80. The number of anilines is 2. The van der Waals surface area contributed by atoms with Crippen LogP contribution in [0.3, 0.4) is 0 Å². The molecule has 0 radical (unpaired) electrons. The molecule has 0 bridgehead atoms. The molecule has 0 aromatic carbocycles. The highest BCUT2D eigenvalue weighted by Crippen LogP contribution is 2.41. The first kappa shape index (κ1) is 43.4. The first-order valence-electron chi connectivity index (χ1n) is 15.4. The van der Waals surface area contributed by atoms with Crippen LogP contribution >= 0.6 is 51.6 Å². The lowest BCUT2D eigenvalue weighted by molar-refractivity contribution is -0.267. The summed E-state index contributed by atoms with van der Waals surface area (Å²) in [5, 5.41) is 2.64. The minimum Gasteiger partial charge on any atom is -0.370 e. The lowest BCUT2D eigenvalue weighted by Crippen LogP contribution is -2.40. The van der Waals surface area contributed by atoms with Crippen molar-refractivity contribution >= 4 is 75.5 Å². The van der Waals surface area contributed by atoms with Gasteiger partial charge in [0.25, 0.3) is 12.0 Å². The number of carbonyl (C=O) groups excluding carboxylic acids is 2. The molecule has 0 fully saturated rings. The Kier molecular flexibility index (Phi) is 20.1. The first-order valence-corrected chi connectivity index (χ1v) is 19.2. The van der Waals surface area contributed by atoms with Crippen molar-refractivity contribution in [1.82, 2.24) is 15.3 Å². The predicted octanol–water partition coefficient (Wildman–Crippen LogP) is 2.18. The van der Waals surface area contributed by atoms with Crippen molar-refractivity contribution in [3.05, 3.63) is 39.7 Å². The van der Waals surface area contributed by atoms with Gasteiger partial charge >= 0.3 is 8.25 Å². The lowest BCUT2D eigenvalue weighted by Gasteiger charge is -2.31. The molecule has 1 aliphatic carbocycles. The van der Waals surface area contributed by atoms with Crippen LogP contribution in [0.2, 0.25) is 0 Å². The van der Waals surface area contributed by atoms with Gasteiger partial charge in [-0.3, -0.25) is 23.9 Å². The summed E-state index contributed by atoms with van der Waals surface area (Å²) in [5.74, 6) is 5.01. The molecule has 51 heavy (non-hydrogen) atoms. The van der Waals surface area contributed by atoms with E-state index in [2.05, 4.69) is 56.7 Å². The summed E-state index contributed by atoms with van der Waals surface area (Å²) in [6.45, 7) is 2.57. The third-order valence-electron chi connectivity index (χ3n) is 6.67. The Balaban J connectivity index is 1.47. The van der Waals surface area contributed by atoms with Gasteiger partial charge < -0.3 is 44.5 Å². The molecule has 18 nitrogen and oxygen atoms in total. The van der Waals surface area contributed by atoms with Crippen LogP contribution in [0, 0.1) is 11.8 Å². The number of H-pyrrole nitrogens is 1. The number of nitrogen functional groups attached to an aromatic ring is 1. The van der Waals surface area contributed by atoms with Crippen molar-refractivity contribution in [2.75, 3.05) is 50.2 Å². The highest BCUT2D eigenvalue weighted by atomic mass is 32.1. The fourth-order valence-corrected chi connectivity index (χ4v) is 6.23. The van der Waals surface area contributed by atoms with E-state index in [0.29, 0.717) is 18.4 Å². The van der Waals surface area contributed by atoms with Crippen molar-refractivity contribution < 1.29 is 55.9 Å². The van der Waals surface area contributed by atoms with Crippen LogP contribution in [-0.2, 0) is 51.0 Å². The summed E-state index contributed by atoms with van der Waals surface area (Å²) >= 11 is 8.53. The Morgan fingerprint density at radius 3 is 2.86 bits per heavy atom. The maximum absolute atomic E-state index is 12.9. The molecule has 0 saturated carbocycles. The van der Waals surface area contributed by atoms with Crippen molar-refractivity contribution in [1.29, 1.82) is 0 Å². The van der Waals surface area contributed by atoms with Crippen molar-refractivity contribution in [2.45, 2.75) is 62.3 Å². The maximum atomic E-state index is 12.9. The number of hydrogen-bond acceptors (Lipinski definition) is 18. The summed E-state index contributed by atoms with van der Waals surface area (Å²) in [7, 11) is -4.47. The number of aromatic amines is 1. The van der Waals surface area contributed by atoms with Crippen LogP contribution in [0.1, 0.15) is 38.2 Å². The monoisotopic (exact) mass is 812 g/mol. The number of carbonyl (C=O) groups is 2. The maximum Gasteiger partial charge on any atom is 0.708 e. The zero-order chi connectivity index (χ0) is 37.2. The molecule has 1 aliphatic heterocycles. The number of ether oxygens (including phenoxy) is 5. The average Bonchev–Trinajstić information content (AvgIpc) is 3.45. The summed E-state index contributed by atoms with van der Waals surface area (Å²) in [5.41, 5.74) is 5.05. The molecule has 0 saturated heterocycles. The molecule has 2 heterocycles. The van der Waals surface area contributed by atoms with Gasteiger partial charge in [-0.15, -0.1) is 25.3 Å². The van der Waals surface area contributed by atoms with E-state index < -0.39 is 67.3 Å². The molecule has 0 spiro atoms. The van der Waals surface area contributed by atoms with Crippen LogP contribution in [0.25, 0.3) is 0 Å². The van der Waals surface area contributed by atoms with Crippen molar-refractivity contribution in [2.24, 2.45) is 0 Å². The predicted molar refractivity (Wildman–Crippen MR) is 196 cm³/mol. The van der Waals surface area contributed by atoms with E-state index in [0.717, 1.165) is 6.29 Å². The molecule has 9 atom stereocenters. The van der Waals surface area contributed by atoms with Crippen molar-refractivity contribution in [3.63, 3.8) is 0 Å². The number of thiol groups is 2. The zero-order valence-electron chi connectivity index (χ0n) is 27.6. The van der Waals surface area contributed by atoms with Gasteiger partial charge in [0.15, 0.2) is 0 Å². The summed E-state index contributed by atoms with van der Waals surface area (Å²) < 4.78 is 54.5. The number of aromatic nitrogens is 2. The topological polar surface area (TPSA) is 232 Å². The minimum absolute atomic E-state index is 0.0154. The van der Waals surface area contributed by atoms with Gasteiger partial charge in [-0.1, -0.05) is 39.5 Å². The highest BCUT2D eigenvalue weighted by Gasteiger charge is 2.38. The standard InChI is InChI=1S/C28H40N5O13P3S2/c1-3-22(43-28(42-17(2)50)44-48-46-49(38)45-47-37)33-13-19(24-25(33)31-27(29)32-26(24)36)7-5-9-30-21(35)15-39-10-11-40-23(51)16-41-20-8-4-6-18(12-20)14-34/h4,6,12,14,17,19-20,22-23,28,37,47-48H,3,8-11,13,15-16H2,1-2H3,(H5-,29,30,31,32,35,36,50,51)/p+1/t17-,19?,20?,22+,23?,28?/m0/s1. The number of nitrogens with two attached hydrogens (primary N) is 1. The van der Waals surface area contributed by atoms with Crippen LogP contribution < -0.4 is 21.5 Å². The molecule has 1 aromatic heterocycles. The molecule has 7 unspecified atom stereocenters. The normalized spacial score (nSPS) is 19.7. The lowest BCUT2D eigenvalue weighted by atomic mass is 10.1. The first-order chi connectivity index (χ1) is 24.5. The number of aldehydes is 1. The number of rotatable bonds is 23. The van der Waals surface area contributed by atoms with Crippen LogP contribution in [-0.4, -0.2) is 96.3 Å². The Morgan fingerprint density at radius 1 is 1.33 bits per heavy atom. The number of amides is 1. The molecule has 1 aromatic rings. The summed E-state index contributed by atoms with van der Waals surface area (Å²) in [4.78, 5) is 53.4. The molecule has 1 amide bonds. The SMILES string of the molecule is CC[C@@H](OC(OPO[P+](=O)OPO)O[C@H](C)S)N1CC(C#CCNC(=O)COCCOC(S)COC2C=C(C=O)C=CC2)c2c1nc(N)[nH]c2=O. The van der Waals surface area contributed by atoms with E-state index in [1.807, 2.05) is 13.0 Å². The van der Waals surface area contributed by atoms with Gasteiger partial charge in [0.2, 0.25) is 29.9 Å². The smallest absolute Gasteiger partial charge is 0.370 e. The number of hydrogen-bond donors (Lipinski definition) is 6. The molecule has 5 N–H and O–H groups in total. The molecule has 2 aliphatic rings. The molecule has 3 rings (SSSR count). The van der Waals surface area contributed by atoms with Crippen LogP contribution in [0.5, 0.6) is 0 Å². The quantitative estimate of drug-likeness (QED) is 0.0232. The van der Waals surface area contributed by atoms with Crippen LogP contribution in [0.4, 0.5) is 11.8 Å². The largest absolute Gasteiger partial charge is 0.708 e. The van der Waals surface area contributed by atoms with E-state index >= 15 is 0 Å². The molecular weight excluding hydrogens is 771 g/mol. The van der Waals surface area contributed by atoms with Gasteiger partial charge in [0, 0.05) is 16.7 Å². The van der Waals surface area contributed by atoms with Gasteiger partial charge in [0.05, 0.1) is 44.0 Å². The summed E-state index contributed by atoms with van der Waals surface area (Å²) in [6, 6.07) is 0. The Morgan fingerprint density at radius 2 is 2.14 bits per heavy atom. The minimum atomic E-state index is -2.61. The zero-order valence-corrected chi connectivity index (χ0v) is 32.3. The fourth-order valence-electron chi connectivity index (χ4n) is 4.58. The fraction of sp³-hybridized carbons (Fsp3) is 0.571. The van der Waals surface area contributed by atoms with E-state index in [1.54, 1.807) is 24.0 Å². The Labute approximate surface area is 309 Å². The Hall–Kier alpha value is -2.04. The van der Waals surface area contributed by atoms with Crippen LogP contribution in [0.15, 0.2) is 28.6 Å². The van der Waals surface area contributed by atoms with E-state index in [4.69, 9.17) is 43.1 Å². The molecular formula is C28H41N5O13P3S2+. The number of fused-ring (bicyclic) bond motifs is 1. The van der Waals surface area contributed by atoms with Gasteiger partial charge in [-0.2, -0.15) is 4.98 Å². The second kappa shape index (κ2) is 23.6. The second-order valence-corrected chi connectivity index (χ2v) is 14.2. The third-order valence-corrected chi connectivity index (χ3v) is 9.19. The number of nitrogens with one attached hydrogen (secondary N) is 2. The second-order valence-electron chi connectivity index (χ2n) is 10.4. The van der Waals surface area contributed by atoms with E-state index in [1.165, 1.54) is 0 Å². The molecule has 23 heteroatoms. The van der Waals surface area contributed by atoms with E-state index in [-0.39, 0.29) is 63.0 Å². The third kappa shape index (κ3) is 15.5. The number of nitrogens with zero attached hydrogens (tertiary/aromatic N) is 2. The van der Waals surface area contributed by atoms with Gasteiger partial charge in [-0.05, 0) is 25.8 Å². The Bertz CT molecular complexity index is 1500. The molecule has 282 valence electrons. The number of allylic oxidation sites excluding steroid dienone is 2. The summed E-state index contributed by atoms with van der Waals surface area (Å²) in [6.07, 6.45) is 6.15. The van der Waals surface area contributed by atoms with Gasteiger partial charge in [-0.25, -0.2) is 0 Å².